The maximum Gasteiger partial charge on any atom is 0.326 e. The van der Waals surface area contributed by atoms with Gasteiger partial charge in [0.2, 0.25) is 0 Å². The van der Waals surface area contributed by atoms with E-state index in [9.17, 15) is 9.59 Å². The average Bonchev–Trinajstić information content (AvgIpc) is 2.33. The third-order valence-electron chi connectivity index (χ3n) is 2.48. The van der Waals surface area contributed by atoms with E-state index < -0.39 is 23.3 Å². The van der Waals surface area contributed by atoms with Crippen molar-refractivity contribution in [1.82, 2.24) is 5.32 Å². The van der Waals surface area contributed by atoms with Crippen molar-refractivity contribution in [2.45, 2.75) is 26.8 Å². The fourth-order valence-electron chi connectivity index (χ4n) is 1.47. The Hall–Kier alpha value is -2.28. The van der Waals surface area contributed by atoms with Crippen LogP contribution in [0.2, 0.25) is 0 Å². The quantitative estimate of drug-likeness (QED) is 0.794. The fourth-order valence-corrected chi connectivity index (χ4v) is 1.47. The predicted octanol–water partition coefficient (Wildman–Crippen LogP) is 1.65. The number of nitrogens with one attached hydrogen (secondary N) is 1. The molecule has 4 nitrogen and oxygen atoms in total. The van der Waals surface area contributed by atoms with Gasteiger partial charge in [-0.05, 0) is 17.5 Å². The van der Waals surface area contributed by atoms with Crippen LogP contribution in [-0.2, 0) is 9.59 Å². The number of carbonyl (C=O) groups is 2. The number of carbonyl (C=O) groups excluding carboxylic acids is 1. The van der Waals surface area contributed by atoms with Gasteiger partial charge in [-0.25, -0.2) is 4.79 Å². The number of hydrogen-bond donors (Lipinski definition) is 2. The van der Waals surface area contributed by atoms with Crippen molar-refractivity contribution >= 4 is 11.9 Å². The molecule has 19 heavy (non-hydrogen) atoms. The molecular weight excluding hydrogens is 242 g/mol. The molecule has 0 saturated heterocycles. The van der Waals surface area contributed by atoms with Crippen LogP contribution < -0.4 is 5.32 Å². The molecule has 1 amide bonds. The summed E-state index contributed by atoms with van der Waals surface area (Å²) in [5, 5.41) is 11.5. The number of carboxylic acids is 1. The lowest BCUT2D eigenvalue weighted by atomic mass is 9.87. The Kier molecular flexibility index (Phi) is 4.71. The van der Waals surface area contributed by atoms with Gasteiger partial charge in [0, 0.05) is 11.5 Å². The first-order valence-electron chi connectivity index (χ1n) is 5.91. The van der Waals surface area contributed by atoms with Crippen LogP contribution in [0.4, 0.5) is 0 Å². The van der Waals surface area contributed by atoms with Crippen molar-refractivity contribution in [3.63, 3.8) is 0 Å². The molecule has 0 aromatic heterocycles. The second kappa shape index (κ2) is 6.05. The van der Waals surface area contributed by atoms with Crippen molar-refractivity contribution in [2.24, 2.45) is 5.41 Å². The summed E-state index contributed by atoms with van der Waals surface area (Å²) in [6.07, 6.45) is 0. The van der Waals surface area contributed by atoms with E-state index in [0.717, 1.165) is 0 Å². The van der Waals surface area contributed by atoms with Gasteiger partial charge in [0.15, 0.2) is 0 Å². The Morgan fingerprint density at radius 3 is 2.26 bits per heavy atom. The lowest BCUT2D eigenvalue weighted by Crippen LogP contribution is -2.48. The van der Waals surface area contributed by atoms with Gasteiger partial charge in [0.1, 0.15) is 6.04 Å². The molecule has 1 aromatic rings. The monoisotopic (exact) mass is 259 g/mol. The summed E-state index contributed by atoms with van der Waals surface area (Å²) < 4.78 is 0. The molecule has 1 atom stereocenters. The van der Waals surface area contributed by atoms with Crippen molar-refractivity contribution < 1.29 is 14.7 Å². The molecule has 1 rings (SSSR count). The van der Waals surface area contributed by atoms with Crippen LogP contribution >= 0.6 is 0 Å². The third kappa shape index (κ3) is 4.84. The molecular formula is C15H17NO3. The van der Waals surface area contributed by atoms with Crippen LogP contribution in [-0.4, -0.2) is 23.0 Å². The zero-order valence-electron chi connectivity index (χ0n) is 11.2. The van der Waals surface area contributed by atoms with Crippen molar-refractivity contribution in [2.75, 3.05) is 0 Å². The van der Waals surface area contributed by atoms with Gasteiger partial charge in [-0.15, -0.1) is 0 Å². The molecule has 0 fully saturated rings. The lowest BCUT2D eigenvalue weighted by molar-refractivity contribution is -0.144. The Morgan fingerprint density at radius 1 is 1.21 bits per heavy atom. The number of amides is 1. The Labute approximate surface area is 112 Å². The lowest BCUT2D eigenvalue weighted by Gasteiger charge is -2.26. The summed E-state index contributed by atoms with van der Waals surface area (Å²) >= 11 is 0. The van der Waals surface area contributed by atoms with Crippen molar-refractivity contribution in [1.29, 1.82) is 0 Å². The summed E-state index contributed by atoms with van der Waals surface area (Å²) in [7, 11) is 0. The molecule has 4 heteroatoms. The molecule has 0 saturated carbocycles. The van der Waals surface area contributed by atoms with Gasteiger partial charge in [0.25, 0.3) is 5.91 Å². The summed E-state index contributed by atoms with van der Waals surface area (Å²) in [5.41, 5.74) is 0.135. The minimum atomic E-state index is -1.07. The maximum absolute atomic E-state index is 11.6. The normalized spacial score (nSPS) is 11.9. The van der Waals surface area contributed by atoms with Crippen LogP contribution in [0.15, 0.2) is 30.3 Å². The van der Waals surface area contributed by atoms with E-state index >= 15 is 0 Å². The van der Waals surface area contributed by atoms with E-state index in [1.165, 1.54) is 0 Å². The van der Waals surface area contributed by atoms with Gasteiger partial charge in [0.05, 0.1) is 0 Å². The van der Waals surface area contributed by atoms with Gasteiger partial charge >= 0.3 is 5.97 Å². The first-order chi connectivity index (χ1) is 8.80. The molecule has 0 heterocycles. The van der Waals surface area contributed by atoms with E-state index in [1.807, 2.05) is 18.2 Å². The highest BCUT2D eigenvalue weighted by Gasteiger charge is 2.32. The average molecular weight is 259 g/mol. The second-order valence-electron chi connectivity index (χ2n) is 5.23. The Morgan fingerprint density at radius 2 is 1.79 bits per heavy atom. The molecule has 0 bridgehead atoms. The first kappa shape index (κ1) is 14.8. The fraction of sp³-hybridized carbons (Fsp3) is 0.333. The van der Waals surface area contributed by atoms with E-state index in [0.29, 0.717) is 5.56 Å². The minimum Gasteiger partial charge on any atom is -0.480 e. The van der Waals surface area contributed by atoms with Crippen LogP contribution in [0.25, 0.3) is 0 Å². The summed E-state index contributed by atoms with van der Waals surface area (Å²) in [6, 6.07) is 8.07. The predicted molar refractivity (Wildman–Crippen MR) is 72.3 cm³/mol. The summed E-state index contributed by atoms with van der Waals surface area (Å²) in [5.74, 6) is 3.42. The number of benzene rings is 1. The SMILES string of the molecule is CC(C)(C)C(NC(=O)C#Cc1ccccc1)C(=O)O. The Bertz CT molecular complexity index is 518. The molecule has 0 aliphatic heterocycles. The molecule has 1 aromatic carbocycles. The van der Waals surface area contributed by atoms with E-state index in [1.54, 1.807) is 32.9 Å². The van der Waals surface area contributed by atoms with Crippen LogP contribution in [0.1, 0.15) is 26.3 Å². The topological polar surface area (TPSA) is 66.4 Å². The summed E-state index contributed by atoms with van der Waals surface area (Å²) in [4.78, 5) is 22.7. The van der Waals surface area contributed by atoms with Gasteiger partial charge in [-0.1, -0.05) is 44.9 Å². The van der Waals surface area contributed by atoms with Crippen LogP contribution in [0, 0.1) is 17.3 Å². The number of hydrogen-bond acceptors (Lipinski definition) is 2. The highest BCUT2D eigenvalue weighted by molar-refractivity contribution is 5.96. The first-order valence-corrected chi connectivity index (χ1v) is 5.91. The highest BCUT2D eigenvalue weighted by Crippen LogP contribution is 2.19. The van der Waals surface area contributed by atoms with E-state index in [4.69, 9.17) is 5.11 Å². The zero-order valence-corrected chi connectivity index (χ0v) is 11.2. The van der Waals surface area contributed by atoms with Gasteiger partial charge in [-0.3, -0.25) is 4.79 Å². The zero-order chi connectivity index (χ0) is 14.5. The van der Waals surface area contributed by atoms with E-state index in [2.05, 4.69) is 17.2 Å². The van der Waals surface area contributed by atoms with E-state index in [-0.39, 0.29) is 0 Å². The largest absolute Gasteiger partial charge is 0.480 e. The highest BCUT2D eigenvalue weighted by atomic mass is 16.4. The third-order valence-corrected chi connectivity index (χ3v) is 2.48. The number of rotatable bonds is 2. The smallest absolute Gasteiger partial charge is 0.326 e. The molecule has 1 unspecified atom stereocenters. The molecule has 0 aliphatic carbocycles. The van der Waals surface area contributed by atoms with Crippen molar-refractivity contribution in [3.8, 4) is 11.8 Å². The van der Waals surface area contributed by atoms with Gasteiger partial charge < -0.3 is 10.4 Å². The van der Waals surface area contributed by atoms with Crippen LogP contribution in [0.3, 0.4) is 0 Å². The molecule has 0 spiro atoms. The Balaban J connectivity index is 2.75. The van der Waals surface area contributed by atoms with Crippen molar-refractivity contribution in [3.05, 3.63) is 35.9 Å². The number of aliphatic carboxylic acids is 1. The summed E-state index contributed by atoms with van der Waals surface area (Å²) in [6.45, 7) is 5.24. The van der Waals surface area contributed by atoms with Gasteiger partial charge in [-0.2, -0.15) is 0 Å². The second-order valence-corrected chi connectivity index (χ2v) is 5.23. The molecule has 100 valence electrons. The number of carboxylic acid groups (broad SMARTS) is 1. The van der Waals surface area contributed by atoms with Crippen LogP contribution in [0.5, 0.6) is 0 Å². The standard InChI is InChI=1S/C15H17NO3/c1-15(2,3)13(14(18)19)16-12(17)10-9-11-7-5-4-6-8-11/h4-8,13H,1-3H3,(H,16,17)(H,18,19). The molecule has 0 radical (unpaired) electrons. The molecule has 2 N–H and O–H groups in total. The maximum atomic E-state index is 11.6. The molecule has 0 aliphatic rings. The minimum absolute atomic E-state index is 0.573.